The number of aromatic amines is 1. The van der Waals surface area contributed by atoms with E-state index in [9.17, 15) is 10.1 Å². The quantitative estimate of drug-likeness (QED) is 0.154. The fourth-order valence-electron chi connectivity index (χ4n) is 4.31. The number of nitrogens with one attached hydrogen (secondary N) is 3. The van der Waals surface area contributed by atoms with Gasteiger partial charge in [0, 0.05) is 35.4 Å². The lowest BCUT2D eigenvalue weighted by Gasteiger charge is -2.11. The number of benzene rings is 3. The average Bonchev–Trinajstić information content (AvgIpc) is 3.55. The van der Waals surface area contributed by atoms with Gasteiger partial charge in [-0.05, 0) is 67.2 Å². The first-order valence-corrected chi connectivity index (χ1v) is 12.8. The number of nitriles is 1. The lowest BCUT2D eigenvalue weighted by molar-refractivity contribution is 0.103. The molecule has 0 fully saturated rings. The number of ketones is 1. The highest BCUT2D eigenvalue weighted by molar-refractivity contribution is 6.30. The maximum atomic E-state index is 13.3. The van der Waals surface area contributed by atoms with Crippen LogP contribution < -0.4 is 10.6 Å². The molecular weight excluding hydrogens is 496 g/mol. The minimum Gasteiger partial charge on any atom is -0.369 e. The molecular formula is C30H27ClN6O. The number of aromatic nitrogens is 3. The van der Waals surface area contributed by atoms with Gasteiger partial charge in [0.1, 0.15) is 17.5 Å². The van der Waals surface area contributed by atoms with Gasteiger partial charge in [0.15, 0.2) is 5.69 Å². The molecule has 0 saturated carbocycles. The lowest BCUT2D eigenvalue weighted by atomic mass is 10.0. The van der Waals surface area contributed by atoms with Crippen molar-refractivity contribution in [2.24, 2.45) is 0 Å². The largest absolute Gasteiger partial charge is 0.369 e. The number of fused-ring (bicyclic) bond motifs is 1. The van der Waals surface area contributed by atoms with E-state index >= 15 is 0 Å². The molecule has 0 aliphatic heterocycles. The van der Waals surface area contributed by atoms with Gasteiger partial charge in [-0.15, -0.1) is 0 Å². The van der Waals surface area contributed by atoms with Crippen LogP contribution in [0.1, 0.15) is 39.2 Å². The second-order valence-electron chi connectivity index (χ2n) is 9.12. The molecule has 2 heterocycles. The van der Waals surface area contributed by atoms with E-state index in [1.54, 1.807) is 28.9 Å². The second-order valence-corrected chi connectivity index (χ2v) is 9.56. The highest BCUT2D eigenvalue weighted by Gasteiger charge is 2.25. The Morgan fingerprint density at radius 3 is 2.61 bits per heavy atom. The van der Waals surface area contributed by atoms with Crippen molar-refractivity contribution >= 4 is 34.1 Å². The zero-order valence-electron chi connectivity index (χ0n) is 21.0. The standard InChI is InChI=1S/C30H27ClN6O/c1-20-3-6-23(7-4-20)29(38)28-26(18-32)30(37(36-28)25-11-9-24(31)10-12-25)35-15-2-14-33-19-21-5-8-22-13-16-34-27(22)17-21/h3-13,16-17,33-35H,2,14-15,19H2,1H3. The first-order valence-electron chi connectivity index (χ1n) is 12.4. The van der Waals surface area contributed by atoms with E-state index in [-0.39, 0.29) is 17.0 Å². The van der Waals surface area contributed by atoms with E-state index in [2.05, 4.69) is 51.1 Å². The van der Waals surface area contributed by atoms with Crippen molar-refractivity contribution in [3.63, 3.8) is 0 Å². The molecule has 0 unspecified atom stereocenters. The van der Waals surface area contributed by atoms with Gasteiger partial charge in [0.05, 0.1) is 5.69 Å². The molecule has 5 aromatic rings. The number of hydrogen-bond acceptors (Lipinski definition) is 5. The van der Waals surface area contributed by atoms with Gasteiger partial charge in [-0.3, -0.25) is 4.79 Å². The maximum absolute atomic E-state index is 13.3. The molecule has 0 saturated heterocycles. The molecule has 2 aromatic heterocycles. The summed E-state index contributed by atoms with van der Waals surface area (Å²) >= 11 is 6.08. The SMILES string of the molecule is Cc1ccc(C(=O)c2nn(-c3ccc(Cl)cc3)c(NCCCNCc3ccc4cc[nH]c4c3)c2C#N)cc1. The van der Waals surface area contributed by atoms with Crippen LogP contribution in [0.5, 0.6) is 0 Å². The Balaban J connectivity index is 1.30. The summed E-state index contributed by atoms with van der Waals surface area (Å²) in [6.45, 7) is 4.09. The molecule has 8 heteroatoms. The van der Waals surface area contributed by atoms with Crippen LogP contribution in [0.15, 0.2) is 79.0 Å². The van der Waals surface area contributed by atoms with Gasteiger partial charge >= 0.3 is 0 Å². The highest BCUT2D eigenvalue weighted by atomic mass is 35.5. The molecule has 3 N–H and O–H groups in total. The summed E-state index contributed by atoms with van der Waals surface area (Å²) in [5.74, 6) is 0.195. The van der Waals surface area contributed by atoms with Gasteiger partial charge < -0.3 is 15.6 Å². The Morgan fingerprint density at radius 1 is 1.05 bits per heavy atom. The van der Waals surface area contributed by atoms with Gasteiger partial charge in [-0.1, -0.05) is 53.6 Å². The molecule has 0 radical (unpaired) electrons. The van der Waals surface area contributed by atoms with Crippen molar-refractivity contribution in [2.45, 2.75) is 19.9 Å². The summed E-state index contributed by atoms with van der Waals surface area (Å²) in [6.07, 6.45) is 2.75. The lowest BCUT2D eigenvalue weighted by Crippen LogP contribution is -2.18. The normalized spacial score (nSPS) is 11.0. The van der Waals surface area contributed by atoms with Crippen LogP contribution in [0.4, 0.5) is 5.82 Å². The van der Waals surface area contributed by atoms with Gasteiger partial charge in [0.2, 0.25) is 5.78 Å². The summed E-state index contributed by atoms with van der Waals surface area (Å²) in [6, 6.07) is 25.0. The number of carbonyl (C=O) groups is 1. The van der Waals surface area contributed by atoms with E-state index in [0.717, 1.165) is 30.6 Å². The van der Waals surface area contributed by atoms with E-state index in [1.807, 2.05) is 37.4 Å². The summed E-state index contributed by atoms with van der Waals surface area (Å²) < 4.78 is 1.61. The Kier molecular flexibility index (Phi) is 7.55. The summed E-state index contributed by atoms with van der Waals surface area (Å²) in [7, 11) is 0. The topological polar surface area (TPSA) is 98.5 Å². The molecule has 38 heavy (non-hydrogen) atoms. The highest BCUT2D eigenvalue weighted by Crippen LogP contribution is 2.26. The third-order valence-electron chi connectivity index (χ3n) is 6.37. The number of H-pyrrole nitrogens is 1. The Labute approximate surface area is 226 Å². The predicted octanol–water partition coefficient (Wildman–Crippen LogP) is 6.01. The maximum Gasteiger partial charge on any atom is 0.214 e. The number of rotatable bonds is 10. The van der Waals surface area contributed by atoms with Crippen LogP contribution in [0.25, 0.3) is 16.6 Å². The number of anilines is 1. The molecule has 0 spiro atoms. The van der Waals surface area contributed by atoms with Crippen LogP contribution in [0.3, 0.4) is 0 Å². The smallest absolute Gasteiger partial charge is 0.214 e. The molecule has 5 rings (SSSR count). The predicted molar refractivity (Wildman–Crippen MR) is 151 cm³/mol. The molecule has 3 aromatic carbocycles. The zero-order chi connectivity index (χ0) is 26.5. The van der Waals surface area contributed by atoms with Gasteiger partial charge in [0.25, 0.3) is 0 Å². The minimum atomic E-state index is -0.294. The van der Waals surface area contributed by atoms with E-state index in [0.29, 0.717) is 28.6 Å². The zero-order valence-corrected chi connectivity index (χ0v) is 21.7. The Hall–Kier alpha value is -4.38. The van der Waals surface area contributed by atoms with Crippen LogP contribution in [0.2, 0.25) is 5.02 Å². The molecule has 190 valence electrons. The van der Waals surface area contributed by atoms with Crippen molar-refractivity contribution < 1.29 is 4.79 Å². The van der Waals surface area contributed by atoms with Crippen molar-refractivity contribution in [3.05, 3.63) is 112 Å². The minimum absolute atomic E-state index is 0.117. The van der Waals surface area contributed by atoms with Crippen molar-refractivity contribution in [1.29, 1.82) is 5.26 Å². The van der Waals surface area contributed by atoms with E-state index in [1.165, 1.54) is 10.9 Å². The first-order chi connectivity index (χ1) is 18.5. The Morgan fingerprint density at radius 2 is 1.84 bits per heavy atom. The number of hydrogen-bond donors (Lipinski definition) is 3. The number of aryl methyl sites for hydroxylation is 1. The molecule has 0 bridgehead atoms. The van der Waals surface area contributed by atoms with Crippen molar-refractivity contribution in [3.8, 4) is 11.8 Å². The van der Waals surface area contributed by atoms with Gasteiger partial charge in [-0.25, -0.2) is 4.68 Å². The summed E-state index contributed by atoms with van der Waals surface area (Å²) in [5.41, 5.74) is 4.91. The van der Waals surface area contributed by atoms with Crippen LogP contribution in [0, 0.1) is 18.3 Å². The van der Waals surface area contributed by atoms with Crippen molar-refractivity contribution in [2.75, 3.05) is 18.4 Å². The number of nitrogens with zero attached hydrogens (tertiary/aromatic N) is 3. The summed E-state index contributed by atoms with van der Waals surface area (Å²) in [5, 5.41) is 23.2. The molecule has 0 aliphatic rings. The van der Waals surface area contributed by atoms with Crippen LogP contribution >= 0.6 is 11.6 Å². The second kappa shape index (κ2) is 11.3. The van der Waals surface area contributed by atoms with Crippen LogP contribution in [-0.2, 0) is 6.54 Å². The monoisotopic (exact) mass is 522 g/mol. The van der Waals surface area contributed by atoms with E-state index < -0.39 is 0 Å². The first kappa shape index (κ1) is 25.3. The number of carbonyl (C=O) groups excluding carboxylic acids is 1. The van der Waals surface area contributed by atoms with E-state index in [4.69, 9.17) is 11.6 Å². The molecule has 0 atom stereocenters. The Bertz CT molecular complexity index is 1610. The molecule has 0 amide bonds. The fourth-order valence-corrected chi connectivity index (χ4v) is 4.44. The van der Waals surface area contributed by atoms with Crippen LogP contribution in [-0.4, -0.2) is 33.6 Å². The van der Waals surface area contributed by atoms with Crippen molar-refractivity contribution in [1.82, 2.24) is 20.1 Å². The van der Waals surface area contributed by atoms with Gasteiger partial charge in [-0.2, -0.15) is 10.4 Å². The third kappa shape index (κ3) is 5.47. The average molecular weight is 523 g/mol. The number of halogens is 1. The summed E-state index contributed by atoms with van der Waals surface area (Å²) in [4.78, 5) is 16.6. The molecule has 0 aliphatic carbocycles. The molecule has 7 nitrogen and oxygen atoms in total. The fraction of sp³-hybridized carbons (Fsp3) is 0.167. The third-order valence-corrected chi connectivity index (χ3v) is 6.62.